The van der Waals surface area contributed by atoms with E-state index in [1.165, 1.54) is 44.1 Å². The van der Waals surface area contributed by atoms with Crippen LogP contribution in [0.3, 0.4) is 0 Å². The van der Waals surface area contributed by atoms with Crippen LogP contribution in [0.15, 0.2) is 24.3 Å². The molecule has 3 nitrogen and oxygen atoms in total. The van der Waals surface area contributed by atoms with E-state index in [1.54, 1.807) is 7.11 Å². The maximum atomic E-state index is 13.2. The van der Waals surface area contributed by atoms with E-state index < -0.39 is 0 Å². The van der Waals surface area contributed by atoms with Gasteiger partial charge in [0.05, 0.1) is 7.11 Å². The van der Waals surface area contributed by atoms with E-state index in [9.17, 15) is 4.79 Å². The van der Waals surface area contributed by atoms with Gasteiger partial charge in [0, 0.05) is 18.0 Å². The summed E-state index contributed by atoms with van der Waals surface area (Å²) in [5.41, 5.74) is 1.29. The lowest BCUT2D eigenvalue weighted by molar-refractivity contribution is -0.155. The van der Waals surface area contributed by atoms with Crippen molar-refractivity contribution in [2.24, 2.45) is 23.7 Å². The van der Waals surface area contributed by atoms with E-state index in [0.29, 0.717) is 5.91 Å². The highest BCUT2D eigenvalue weighted by atomic mass is 16.5. The molecular formula is C22H31NO2. The Morgan fingerprint density at radius 1 is 1.16 bits per heavy atom. The van der Waals surface area contributed by atoms with Gasteiger partial charge in [0.25, 0.3) is 0 Å². The smallest absolute Gasteiger partial charge is 0.225 e. The topological polar surface area (TPSA) is 29.5 Å². The first-order valence-electron chi connectivity index (χ1n) is 9.93. The van der Waals surface area contributed by atoms with E-state index in [1.807, 2.05) is 26.0 Å². The highest BCUT2D eigenvalue weighted by Crippen LogP contribution is 2.58. The van der Waals surface area contributed by atoms with Crippen molar-refractivity contribution in [3.63, 3.8) is 0 Å². The van der Waals surface area contributed by atoms with Crippen LogP contribution in [0, 0.1) is 23.7 Å². The van der Waals surface area contributed by atoms with Crippen molar-refractivity contribution in [3.8, 4) is 5.75 Å². The molecule has 0 spiro atoms. The Labute approximate surface area is 151 Å². The maximum Gasteiger partial charge on any atom is 0.225 e. The largest absolute Gasteiger partial charge is 0.497 e. The third-order valence-corrected chi connectivity index (χ3v) is 6.81. The molecule has 0 aliphatic heterocycles. The number of benzene rings is 1. The van der Waals surface area contributed by atoms with Gasteiger partial charge in [0.15, 0.2) is 0 Å². The van der Waals surface area contributed by atoms with Gasteiger partial charge < -0.3 is 9.64 Å². The number of rotatable bonds is 5. The Hall–Kier alpha value is -1.51. The van der Waals surface area contributed by atoms with E-state index in [0.717, 1.165) is 30.0 Å². The molecule has 0 aromatic heterocycles. The zero-order chi connectivity index (χ0) is 17.6. The van der Waals surface area contributed by atoms with Crippen LogP contribution in [0.25, 0.3) is 0 Å². The van der Waals surface area contributed by atoms with Crippen LogP contribution in [0.4, 0.5) is 0 Å². The minimum absolute atomic E-state index is 0.0543. The standard InChI is InChI=1S/C22H31NO2/c1-15(2)21(24)23(14-16-5-4-6-20(10-16)25-3)22-11-17-7-18(12-22)9-19(8-17)13-22/h4-6,10,15,17-19H,7-9,11-14H2,1-3H3. The van der Waals surface area contributed by atoms with Crippen LogP contribution < -0.4 is 4.74 Å². The predicted octanol–water partition coefficient (Wildman–Crippen LogP) is 4.65. The van der Waals surface area contributed by atoms with Crippen molar-refractivity contribution in [1.82, 2.24) is 4.90 Å². The molecule has 1 aromatic carbocycles. The first kappa shape index (κ1) is 16.9. The number of hydrogen-bond donors (Lipinski definition) is 0. The molecule has 4 aliphatic rings. The van der Waals surface area contributed by atoms with E-state index in [2.05, 4.69) is 17.0 Å². The number of nitrogens with zero attached hydrogens (tertiary/aromatic N) is 1. The average molecular weight is 341 g/mol. The molecule has 3 heteroatoms. The van der Waals surface area contributed by atoms with Crippen LogP contribution in [0.1, 0.15) is 57.9 Å². The van der Waals surface area contributed by atoms with E-state index in [4.69, 9.17) is 4.74 Å². The molecule has 1 aromatic rings. The van der Waals surface area contributed by atoms with Gasteiger partial charge in [0.2, 0.25) is 5.91 Å². The van der Waals surface area contributed by atoms with Crippen LogP contribution in [-0.4, -0.2) is 23.5 Å². The van der Waals surface area contributed by atoms with Crippen molar-refractivity contribution >= 4 is 5.91 Å². The van der Waals surface area contributed by atoms with Crippen LogP contribution in [0.5, 0.6) is 5.75 Å². The molecule has 5 rings (SSSR count). The molecule has 4 saturated carbocycles. The van der Waals surface area contributed by atoms with Gasteiger partial charge in [-0.2, -0.15) is 0 Å². The minimum atomic E-state index is 0.0543. The Kier molecular flexibility index (Phi) is 4.29. The normalized spacial score (nSPS) is 32.9. The maximum absolute atomic E-state index is 13.2. The van der Waals surface area contributed by atoms with Crippen LogP contribution >= 0.6 is 0 Å². The highest BCUT2D eigenvalue weighted by molar-refractivity contribution is 5.79. The fraction of sp³-hybridized carbons (Fsp3) is 0.682. The summed E-state index contributed by atoms with van der Waals surface area (Å²) >= 11 is 0. The van der Waals surface area contributed by atoms with Gasteiger partial charge in [0.1, 0.15) is 5.75 Å². The number of methoxy groups -OCH3 is 1. The summed E-state index contributed by atoms with van der Waals surface area (Å²) in [6.07, 6.45) is 7.89. The van der Waals surface area contributed by atoms with Gasteiger partial charge in [-0.15, -0.1) is 0 Å². The molecule has 136 valence electrons. The van der Waals surface area contributed by atoms with Crippen molar-refractivity contribution < 1.29 is 9.53 Å². The molecule has 0 atom stereocenters. The quantitative estimate of drug-likeness (QED) is 0.780. The Bertz CT molecular complexity index is 616. The second-order valence-electron chi connectivity index (χ2n) is 9.07. The van der Waals surface area contributed by atoms with E-state index in [-0.39, 0.29) is 11.5 Å². The first-order chi connectivity index (χ1) is 12.0. The van der Waals surface area contributed by atoms with Gasteiger partial charge in [-0.1, -0.05) is 26.0 Å². The van der Waals surface area contributed by atoms with Gasteiger partial charge >= 0.3 is 0 Å². The molecule has 0 unspecified atom stereocenters. The molecule has 25 heavy (non-hydrogen) atoms. The summed E-state index contributed by atoms with van der Waals surface area (Å²) in [6, 6.07) is 8.22. The van der Waals surface area contributed by atoms with Crippen LogP contribution in [-0.2, 0) is 11.3 Å². The molecule has 4 fully saturated rings. The Balaban J connectivity index is 1.65. The molecule has 0 N–H and O–H groups in total. The third kappa shape index (κ3) is 3.07. The lowest BCUT2D eigenvalue weighted by Gasteiger charge is -2.60. The fourth-order valence-corrected chi connectivity index (χ4v) is 6.14. The second-order valence-corrected chi connectivity index (χ2v) is 9.07. The fourth-order valence-electron chi connectivity index (χ4n) is 6.14. The number of ether oxygens (including phenoxy) is 1. The third-order valence-electron chi connectivity index (χ3n) is 6.81. The number of carbonyl (C=O) groups excluding carboxylic acids is 1. The van der Waals surface area contributed by atoms with Crippen molar-refractivity contribution in [2.75, 3.05) is 7.11 Å². The Morgan fingerprint density at radius 3 is 2.28 bits per heavy atom. The molecule has 0 heterocycles. The van der Waals surface area contributed by atoms with Gasteiger partial charge in [-0.3, -0.25) is 4.79 Å². The molecule has 0 saturated heterocycles. The SMILES string of the molecule is COc1cccc(CN(C(=O)C(C)C)C23CC4CC(CC(C4)C2)C3)c1. The van der Waals surface area contributed by atoms with Crippen molar-refractivity contribution in [1.29, 1.82) is 0 Å². The predicted molar refractivity (Wildman–Crippen MR) is 99.3 cm³/mol. The average Bonchev–Trinajstić information content (AvgIpc) is 2.58. The minimum Gasteiger partial charge on any atom is -0.497 e. The summed E-state index contributed by atoms with van der Waals surface area (Å²) in [5.74, 6) is 3.79. The lowest BCUT2D eigenvalue weighted by Crippen LogP contribution is -2.61. The zero-order valence-electron chi connectivity index (χ0n) is 15.8. The van der Waals surface area contributed by atoms with Crippen LogP contribution in [0.2, 0.25) is 0 Å². The lowest BCUT2D eigenvalue weighted by atomic mass is 9.52. The van der Waals surface area contributed by atoms with Crippen molar-refractivity contribution in [3.05, 3.63) is 29.8 Å². The summed E-state index contributed by atoms with van der Waals surface area (Å²) < 4.78 is 5.39. The summed E-state index contributed by atoms with van der Waals surface area (Å²) in [7, 11) is 1.70. The van der Waals surface area contributed by atoms with E-state index >= 15 is 0 Å². The highest BCUT2D eigenvalue weighted by Gasteiger charge is 2.54. The molecule has 4 aliphatic carbocycles. The first-order valence-corrected chi connectivity index (χ1v) is 9.93. The van der Waals surface area contributed by atoms with Crippen molar-refractivity contribution in [2.45, 2.75) is 64.5 Å². The number of amides is 1. The molecule has 4 bridgehead atoms. The van der Waals surface area contributed by atoms with Gasteiger partial charge in [-0.05, 0) is 74.0 Å². The number of carbonyl (C=O) groups is 1. The molecular weight excluding hydrogens is 310 g/mol. The Morgan fingerprint density at radius 2 is 1.76 bits per heavy atom. The zero-order valence-corrected chi connectivity index (χ0v) is 15.8. The number of hydrogen-bond acceptors (Lipinski definition) is 2. The van der Waals surface area contributed by atoms with Gasteiger partial charge in [-0.25, -0.2) is 0 Å². The monoisotopic (exact) mass is 341 g/mol. The summed E-state index contributed by atoms with van der Waals surface area (Å²) in [5, 5.41) is 0. The second kappa shape index (κ2) is 6.34. The molecule has 0 radical (unpaired) electrons. The molecule has 1 amide bonds. The summed E-state index contributed by atoms with van der Waals surface area (Å²) in [6.45, 7) is 4.81. The summed E-state index contributed by atoms with van der Waals surface area (Å²) in [4.78, 5) is 15.5.